The fourth-order valence-corrected chi connectivity index (χ4v) is 1.95. The molecule has 0 radical (unpaired) electrons. The van der Waals surface area contributed by atoms with Gasteiger partial charge >= 0.3 is 0 Å². The first-order chi connectivity index (χ1) is 5.64. The zero-order valence-electron chi connectivity index (χ0n) is 8.64. The molecule has 0 saturated carbocycles. The Morgan fingerprint density at radius 3 is 2.00 bits per heavy atom. The van der Waals surface area contributed by atoms with Crippen LogP contribution in [0.25, 0.3) is 0 Å². The van der Waals surface area contributed by atoms with Crippen LogP contribution in [0.2, 0.25) is 0 Å². The highest BCUT2D eigenvalue weighted by Gasteiger charge is 2.31. The first-order valence-corrected chi connectivity index (χ1v) is 5.07. The topological polar surface area (TPSA) is 46.2 Å². The van der Waals surface area contributed by atoms with Gasteiger partial charge in [0.25, 0.3) is 0 Å². The van der Waals surface area contributed by atoms with Crippen LogP contribution in [0, 0.1) is 5.92 Å². The molecule has 0 saturated heterocycles. The van der Waals surface area contributed by atoms with Gasteiger partial charge in [0.05, 0.1) is 5.60 Å². The average molecular weight is 173 g/mol. The van der Waals surface area contributed by atoms with E-state index in [0.717, 1.165) is 25.7 Å². The van der Waals surface area contributed by atoms with Crippen molar-refractivity contribution in [2.45, 2.75) is 52.1 Å². The quantitative estimate of drug-likeness (QED) is 0.644. The van der Waals surface area contributed by atoms with E-state index in [1.165, 1.54) is 0 Å². The summed E-state index contributed by atoms with van der Waals surface area (Å²) in [6, 6.07) is 0. The molecule has 12 heavy (non-hydrogen) atoms. The Kier molecular flexibility index (Phi) is 5.51. The van der Waals surface area contributed by atoms with Crippen LogP contribution in [-0.4, -0.2) is 17.3 Å². The molecular formula is C10H23NO. The van der Waals surface area contributed by atoms with Crippen LogP contribution in [-0.2, 0) is 0 Å². The van der Waals surface area contributed by atoms with Crippen molar-refractivity contribution in [3.8, 4) is 0 Å². The summed E-state index contributed by atoms with van der Waals surface area (Å²) < 4.78 is 0. The van der Waals surface area contributed by atoms with Crippen LogP contribution in [0.4, 0.5) is 0 Å². The Labute approximate surface area is 76.2 Å². The predicted molar refractivity (Wildman–Crippen MR) is 53.0 cm³/mol. The molecule has 1 unspecified atom stereocenters. The number of nitrogens with two attached hydrogens (primary N) is 1. The molecule has 0 aromatic heterocycles. The second kappa shape index (κ2) is 5.55. The molecule has 0 fully saturated rings. The first-order valence-electron chi connectivity index (χ1n) is 5.07. The minimum Gasteiger partial charge on any atom is -0.388 e. The van der Waals surface area contributed by atoms with E-state index < -0.39 is 5.60 Å². The molecule has 0 aromatic rings. The molecule has 0 spiro atoms. The largest absolute Gasteiger partial charge is 0.388 e. The van der Waals surface area contributed by atoms with Crippen molar-refractivity contribution in [3.63, 3.8) is 0 Å². The summed E-state index contributed by atoms with van der Waals surface area (Å²) in [6.07, 6.45) is 3.87. The maximum absolute atomic E-state index is 10.2. The lowest BCUT2D eigenvalue weighted by Gasteiger charge is -2.34. The second-order valence-electron chi connectivity index (χ2n) is 3.57. The fourth-order valence-electron chi connectivity index (χ4n) is 1.95. The van der Waals surface area contributed by atoms with Gasteiger partial charge in [-0.05, 0) is 12.3 Å². The van der Waals surface area contributed by atoms with E-state index >= 15 is 0 Å². The van der Waals surface area contributed by atoms with Gasteiger partial charge in [-0.3, -0.25) is 0 Å². The Hall–Kier alpha value is -0.0800. The van der Waals surface area contributed by atoms with Gasteiger partial charge in [0.1, 0.15) is 0 Å². The highest BCUT2D eigenvalue weighted by atomic mass is 16.3. The number of hydrogen-bond acceptors (Lipinski definition) is 2. The van der Waals surface area contributed by atoms with Gasteiger partial charge in [0.15, 0.2) is 0 Å². The summed E-state index contributed by atoms with van der Waals surface area (Å²) in [4.78, 5) is 0. The van der Waals surface area contributed by atoms with Gasteiger partial charge in [0, 0.05) is 6.54 Å². The highest BCUT2D eigenvalue weighted by Crippen LogP contribution is 2.27. The van der Waals surface area contributed by atoms with E-state index in [4.69, 9.17) is 5.73 Å². The van der Waals surface area contributed by atoms with E-state index in [-0.39, 0.29) is 0 Å². The summed E-state index contributed by atoms with van der Waals surface area (Å²) in [6.45, 7) is 6.71. The number of aliphatic hydroxyl groups is 1. The maximum Gasteiger partial charge on any atom is 0.0797 e. The third kappa shape index (κ3) is 2.76. The molecule has 0 aliphatic carbocycles. The third-order valence-corrected chi connectivity index (χ3v) is 2.78. The number of hydrogen-bond donors (Lipinski definition) is 2. The van der Waals surface area contributed by atoms with Gasteiger partial charge < -0.3 is 10.8 Å². The fraction of sp³-hybridized carbons (Fsp3) is 1.00. The average Bonchev–Trinajstić information content (AvgIpc) is 2.07. The van der Waals surface area contributed by atoms with Crippen LogP contribution in [0.3, 0.4) is 0 Å². The normalized spacial score (nSPS) is 16.5. The minimum absolute atomic E-state index is 0.363. The van der Waals surface area contributed by atoms with Crippen molar-refractivity contribution in [1.82, 2.24) is 0 Å². The molecule has 2 nitrogen and oxygen atoms in total. The lowest BCUT2D eigenvalue weighted by atomic mass is 9.80. The minimum atomic E-state index is -0.613. The molecule has 3 N–H and O–H groups in total. The number of rotatable bonds is 6. The standard InChI is InChI=1S/C10H23NO/c1-4-7-10(12,8-11)9(5-2)6-3/h9,12H,4-8,11H2,1-3H3. The third-order valence-electron chi connectivity index (χ3n) is 2.78. The predicted octanol–water partition coefficient (Wildman–Crippen LogP) is 1.91. The Morgan fingerprint density at radius 2 is 1.75 bits per heavy atom. The van der Waals surface area contributed by atoms with Gasteiger partial charge in [-0.1, -0.05) is 40.0 Å². The molecule has 0 aliphatic rings. The monoisotopic (exact) mass is 173 g/mol. The zero-order valence-corrected chi connectivity index (χ0v) is 8.64. The van der Waals surface area contributed by atoms with E-state index in [9.17, 15) is 5.11 Å². The molecule has 0 bridgehead atoms. The summed E-state index contributed by atoms with van der Waals surface area (Å²) in [5.41, 5.74) is 4.98. The molecule has 74 valence electrons. The van der Waals surface area contributed by atoms with Crippen LogP contribution in [0.1, 0.15) is 46.5 Å². The summed E-state index contributed by atoms with van der Waals surface area (Å²) >= 11 is 0. The van der Waals surface area contributed by atoms with Crippen LogP contribution < -0.4 is 5.73 Å². The SMILES string of the molecule is CCCC(O)(CN)C(CC)CC. The van der Waals surface area contributed by atoms with Gasteiger partial charge in [-0.2, -0.15) is 0 Å². The summed E-state index contributed by atoms with van der Waals surface area (Å²) in [7, 11) is 0. The lowest BCUT2D eigenvalue weighted by Crippen LogP contribution is -2.44. The van der Waals surface area contributed by atoms with Gasteiger partial charge in [-0.15, -0.1) is 0 Å². The molecule has 0 aliphatic heterocycles. The second-order valence-corrected chi connectivity index (χ2v) is 3.57. The van der Waals surface area contributed by atoms with Crippen LogP contribution >= 0.6 is 0 Å². The van der Waals surface area contributed by atoms with Crippen molar-refractivity contribution < 1.29 is 5.11 Å². The first kappa shape index (κ1) is 11.9. The van der Waals surface area contributed by atoms with Crippen molar-refractivity contribution in [2.24, 2.45) is 11.7 Å². The van der Waals surface area contributed by atoms with E-state index in [1.807, 2.05) is 0 Å². The molecule has 0 heterocycles. The highest BCUT2D eigenvalue weighted by molar-refractivity contribution is 4.85. The van der Waals surface area contributed by atoms with Gasteiger partial charge in [-0.25, -0.2) is 0 Å². The van der Waals surface area contributed by atoms with Crippen molar-refractivity contribution >= 4 is 0 Å². The molecule has 0 amide bonds. The molecule has 2 heteroatoms. The lowest BCUT2D eigenvalue weighted by molar-refractivity contribution is -0.0217. The van der Waals surface area contributed by atoms with E-state index in [2.05, 4.69) is 20.8 Å². The Balaban J connectivity index is 4.24. The zero-order chi connectivity index (χ0) is 9.61. The maximum atomic E-state index is 10.2. The summed E-state index contributed by atoms with van der Waals surface area (Å²) in [5, 5.41) is 10.2. The Morgan fingerprint density at radius 1 is 1.25 bits per heavy atom. The van der Waals surface area contributed by atoms with Crippen molar-refractivity contribution in [1.29, 1.82) is 0 Å². The molecular weight excluding hydrogens is 150 g/mol. The van der Waals surface area contributed by atoms with Crippen molar-refractivity contribution in [3.05, 3.63) is 0 Å². The van der Waals surface area contributed by atoms with E-state index in [0.29, 0.717) is 12.5 Å². The van der Waals surface area contributed by atoms with Crippen LogP contribution in [0.15, 0.2) is 0 Å². The Bertz CT molecular complexity index is 112. The molecule has 0 rings (SSSR count). The summed E-state index contributed by atoms with van der Waals surface area (Å²) in [5.74, 6) is 0.363. The van der Waals surface area contributed by atoms with Crippen molar-refractivity contribution in [2.75, 3.05) is 6.54 Å². The van der Waals surface area contributed by atoms with Gasteiger partial charge in [0.2, 0.25) is 0 Å². The van der Waals surface area contributed by atoms with E-state index in [1.54, 1.807) is 0 Å². The molecule has 1 atom stereocenters. The smallest absolute Gasteiger partial charge is 0.0797 e. The molecule has 0 aromatic carbocycles. The van der Waals surface area contributed by atoms with Crippen LogP contribution in [0.5, 0.6) is 0 Å².